The van der Waals surface area contributed by atoms with E-state index < -0.39 is 0 Å². The molecule has 0 fully saturated rings. The van der Waals surface area contributed by atoms with Gasteiger partial charge in [-0.1, -0.05) is 91.3 Å². The average Bonchev–Trinajstić information content (AvgIpc) is 3.23. The molecule has 0 saturated carbocycles. The van der Waals surface area contributed by atoms with Crippen molar-refractivity contribution in [3.8, 4) is 5.75 Å². The van der Waals surface area contributed by atoms with Crippen LogP contribution in [-0.4, -0.2) is 9.55 Å². The summed E-state index contributed by atoms with van der Waals surface area (Å²) in [6.45, 7) is 3.44. The van der Waals surface area contributed by atoms with E-state index in [1.165, 1.54) is 5.56 Å². The van der Waals surface area contributed by atoms with Gasteiger partial charge in [-0.2, -0.15) is 0 Å². The molecule has 4 heteroatoms. The number of para-hydroxylation sites is 2. The number of nitrogens with zero attached hydrogens (tertiary/aromatic N) is 2. The summed E-state index contributed by atoms with van der Waals surface area (Å²) in [5, 5.41) is 0.772. The largest absolute Gasteiger partial charge is 0.489 e. The highest BCUT2D eigenvalue weighted by Gasteiger charge is 2.19. The second-order valence-corrected chi connectivity index (χ2v) is 8.61. The molecule has 4 aromatic carbocycles. The fourth-order valence-electron chi connectivity index (χ4n) is 4.13. The summed E-state index contributed by atoms with van der Waals surface area (Å²) in [7, 11) is 0. The summed E-state index contributed by atoms with van der Waals surface area (Å²) in [4.78, 5) is 5.00. The third kappa shape index (κ3) is 4.64. The van der Waals surface area contributed by atoms with Gasteiger partial charge in [0.1, 0.15) is 18.2 Å². The lowest BCUT2D eigenvalue weighted by Crippen LogP contribution is -2.09. The molecule has 0 aliphatic heterocycles. The van der Waals surface area contributed by atoms with Gasteiger partial charge < -0.3 is 9.30 Å². The molecule has 1 unspecified atom stereocenters. The van der Waals surface area contributed by atoms with Crippen molar-refractivity contribution in [2.75, 3.05) is 0 Å². The van der Waals surface area contributed by atoms with Crippen LogP contribution in [0.5, 0.6) is 5.75 Å². The lowest BCUT2D eigenvalue weighted by atomic mass is 10.00. The molecule has 0 saturated heterocycles. The second kappa shape index (κ2) is 9.51. The van der Waals surface area contributed by atoms with Gasteiger partial charge in [0.05, 0.1) is 17.6 Å². The summed E-state index contributed by atoms with van der Waals surface area (Å²) < 4.78 is 8.24. The Labute approximate surface area is 199 Å². The first-order chi connectivity index (χ1) is 16.2. The van der Waals surface area contributed by atoms with Crippen molar-refractivity contribution in [2.45, 2.75) is 26.0 Å². The number of ether oxygens (including phenoxy) is 1. The summed E-state index contributed by atoms with van der Waals surface area (Å²) in [6.07, 6.45) is 0. The Kier molecular flexibility index (Phi) is 6.14. The molecule has 0 N–H and O–H groups in total. The van der Waals surface area contributed by atoms with E-state index in [4.69, 9.17) is 21.3 Å². The van der Waals surface area contributed by atoms with E-state index in [-0.39, 0.29) is 5.92 Å². The first-order valence-electron chi connectivity index (χ1n) is 11.1. The predicted molar refractivity (Wildman–Crippen MR) is 135 cm³/mol. The van der Waals surface area contributed by atoms with Crippen molar-refractivity contribution < 1.29 is 4.74 Å². The Hall–Kier alpha value is -3.56. The molecule has 0 spiro atoms. The molecular weight excluding hydrogens is 428 g/mol. The topological polar surface area (TPSA) is 27.1 Å². The molecule has 5 rings (SSSR count). The molecule has 5 aromatic rings. The molecule has 1 aromatic heterocycles. The molecule has 1 atom stereocenters. The Morgan fingerprint density at radius 1 is 0.818 bits per heavy atom. The first kappa shape index (κ1) is 21.3. The molecule has 33 heavy (non-hydrogen) atoms. The number of rotatable bonds is 7. The van der Waals surface area contributed by atoms with E-state index in [0.717, 1.165) is 38.8 Å². The second-order valence-electron chi connectivity index (χ2n) is 8.20. The minimum Gasteiger partial charge on any atom is -0.489 e. The zero-order valence-corrected chi connectivity index (χ0v) is 19.2. The van der Waals surface area contributed by atoms with Crippen molar-refractivity contribution in [3.63, 3.8) is 0 Å². The van der Waals surface area contributed by atoms with Gasteiger partial charge in [-0.15, -0.1) is 0 Å². The van der Waals surface area contributed by atoms with Crippen LogP contribution in [-0.2, 0) is 13.2 Å². The lowest BCUT2D eigenvalue weighted by Gasteiger charge is -2.16. The Morgan fingerprint density at radius 3 is 2.30 bits per heavy atom. The monoisotopic (exact) mass is 452 g/mol. The molecule has 0 bridgehead atoms. The minimum absolute atomic E-state index is 0.114. The van der Waals surface area contributed by atoms with Crippen LogP contribution in [0.3, 0.4) is 0 Å². The minimum atomic E-state index is 0.114. The first-order valence-corrected chi connectivity index (χ1v) is 11.5. The van der Waals surface area contributed by atoms with E-state index in [2.05, 4.69) is 60.0 Å². The number of hydrogen-bond donors (Lipinski definition) is 0. The maximum absolute atomic E-state index is 6.49. The molecule has 3 nitrogen and oxygen atoms in total. The summed E-state index contributed by atoms with van der Waals surface area (Å²) >= 11 is 6.49. The quantitative estimate of drug-likeness (QED) is 0.256. The van der Waals surface area contributed by atoms with Crippen LogP contribution >= 0.6 is 11.6 Å². The SMILES string of the molecule is CC(c1ccc(OCc2ccccc2)cc1)c1nc2ccccc2n1Cc1ccccc1Cl. The van der Waals surface area contributed by atoms with Crippen LogP contribution in [0.1, 0.15) is 35.4 Å². The Morgan fingerprint density at radius 2 is 1.52 bits per heavy atom. The van der Waals surface area contributed by atoms with Gasteiger partial charge in [-0.05, 0) is 47.0 Å². The van der Waals surface area contributed by atoms with Crippen molar-refractivity contribution in [2.24, 2.45) is 0 Å². The van der Waals surface area contributed by atoms with E-state index in [1.54, 1.807) is 0 Å². The molecule has 0 radical (unpaired) electrons. The summed E-state index contributed by atoms with van der Waals surface area (Å²) in [5.74, 6) is 2.00. The van der Waals surface area contributed by atoms with Gasteiger partial charge in [-0.3, -0.25) is 0 Å². The van der Waals surface area contributed by atoms with E-state index in [9.17, 15) is 0 Å². The van der Waals surface area contributed by atoms with Gasteiger partial charge in [0, 0.05) is 10.9 Å². The number of fused-ring (bicyclic) bond motifs is 1. The van der Waals surface area contributed by atoms with Crippen LogP contribution < -0.4 is 4.74 Å². The number of halogens is 1. The van der Waals surface area contributed by atoms with Crippen LogP contribution in [0.25, 0.3) is 11.0 Å². The maximum atomic E-state index is 6.49. The summed E-state index contributed by atoms with van der Waals surface area (Å²) in [6, 6.07) is 34.8. The third-order valence-corrected chi connectivity index (χ3v) is 6.35. The third-order valence-electron chi connectivity index (χ3n) is 5.99. The normalized spacial score (nSPS) is 12.1. The van der Waals surface area contributed by atoms with Crippen LogP contribution in [0, 0.1) is 0 Å². The molecule has 0 aliphatic carbocycles. The average molecular weight is 453 g/mol. The Balaban J connectivity index is 1.42. The smallest absolute Gasteiger partial charge is 0.119 e. The van der Waals surface area contributed by atoms with E-state index in [1.807, 2.05) is 54.6 Å². The van der Waals surface area contributed by atoms with E-state index in [0.29, 0.717) is 13.2 Å². The lowest BCUT2D eigenvalue weighted by molar-refractivity contribution is 0.306. The van der Waals surface area contributed by atoms with Gasteiger partial charge in [0.2, 0.25) is 0 Å². The fraction of sp³-hybridized carbons (Fsp3) is 0.138. The summed E-state index contributed by atoms with van der Waals surface area (Å²) in [5.41, 5.74) is 5.54. The standard InChI is InChI=1S/C29H25ClN2O/c1-21(23-15-17-25(18-16-23)33-20-22-9-3-2-4-10-22)29-31-27-13-7-8-14-28(27)32(29)19-24-11-5-6-12-26(24)30/h2-18,21H,19-20H2,1H3. The number of aromatic nitrogens is 2. The zero-order chi connectivity index (χ0) is 22.6. The number of benzene rings is 4. The van der Waals surface area contributed by atoms with Gasteiger partial charge in [-0.25, -0.2) is 4.98 Å². The van der Waals surface area contributed by atoms with Crippen LogP contribution in [0.4, 0.5) is 0 Å². The van der Waals surface area contributed by atoms with Gasteiger partial charge in [0.25, 0.3) is 0 Å². The van der Waals surface area contributed by atoms with Gasteiger partial charge in [0.15, 0.2) is 0 Å². The number of hydrogen-bond acceptors (Lipinski definition) is 2. The van der Waals surface area contributed by atoms with Crippen molar-refractivity contribution in [1.82, 2.24) is 9.55 Å². The van der Waals surface area contributed by atoms with Crippen molar-refractivity contribution in [1.29, 1.82) is 0 Å². The molecule has 0 amide bonds. The van der Waals surface area contributed by atoms with Crippen LogP contribution in [0.2, 0.25) is 5.02 Å². The van der Waals surface area contributed by atoms with Crippen molar-refractivity contribution >= 4 is 22.6 Å². The highest BCUT2D eigenvalue weighted by atomic mass is 35.5. The predicted octanol–water partition coefficient (Wildman–Crippen LogP) is 7.47. The Bertz CT molecular complexity index is 1360. The molecule has 1 heterocycles. The maximum Gasteiger partial charge on any atom is 0.119 e. The highest BCUT2D eigenvalue weighted by molar-refractivity contribution is 6.31. The molecular formula is C29H25ClN2O. The zero-order valence-electron chi connectivity index (χ0n) is 18.5. The van der Waals surface area contributed by atoms with E-state index >= 15 is 0 Å². The van der Waals surface area contributed by atoms with Crippen LogP contribution in [0.15, 0.2) is 103 Å². The fourth-order valence-corrected chi connectivity index (χ4v) is 4.33. The van der Waals surface area contributed by atoms with Gasteiger partial charge >= 0.3 is 0 Å². The molecule has 0 aliphatic rings. The highest BCUT2D eigenvalue weighted by Crippen LogP contribution is 2.30. The number of imidazole rings is 1. The van der Waals surface area contributed by atoms with Crippen molar-refractivity contribution in [3.05, 3.63) is 131 Å². The molecule has 164 valence electrons.